The lowest BCUT2D eigenvalue weighted by Crippen LogP contribution is -2.40. The number of hydrogen-bond donors (Lipinski definition) is 0. The average Bonchev–Trinajstić information content (AvgIpc) is 3.31. The number of carbonyl (C=O) groups is 1. The van der Waals surface area contributed by atoms with E-state index in [0.717, 1.165) is 23.3 Å². The Balaban J connectivity index is 1.55. The van der Waals surface area contributed by atoms with Crippen molar-refractivity contribution in [2.45, 2.75) is 51.8 Å². The van der Waals surface area contributed by atoms with Crippen LogP contribution in [-0.2, 0) is 44.0 Å². The molecule has 0 saturated carbocycles. The summed E-state index contributed by atoms with van der Waals surface area (Å²) in [4.78, 5) is 17.2. The summed E-state index contributed by atoms with van der Waals surface area (Å²) in [6.07, 6.45) is 0.853. The number of imidazole rings is 1. The van der Waals surface area contributed by atoms with Gasteiger partial charge in [0, 0.05) is 25.3 Å². The van der Waals surface area contributed by atoms with Crippen LogP contribution in [0.2, 0.25) is 0 Å². The minimum absolute atomic E-state index is 0.00163. The van der Waals surface area contributed by atoms with Crippen molar-refractivity contribution < 1.29 is 22.7 Å². The number of fused-ring (bicyclic) bond motifs is 1. The van der Waals surface area contributed by atoms with Crippen LogP contribution in [0.15, 0.2) is 29.2 Å². The van der Waals surface area contributed by atoms with Crippen LogP contribution in [0.5, 0.6) is 0 Å². The zero-order valence-corrected chi connectivity index (χ0v) is 20.0. The molecule has 0 N–H and O–H groups in total. The lowest BCUT2D eigenvalue weighted by atomic mass is 10.3. The van der Waals surface area contributed by atoms with Gasteiger partial charge in [0.15, 0.2) is 0 Å². The minimum Gasteiger partial charge on any atom is -0.456 e. The van der Waals surface area contributed by atoms with E-state index in [2.05, 4.69) is 10.1 Å². The Morgan fingerprint density at radius 2 is 1.94 bits per heavy atom. The van der Waals surface area contributed by atoms with E-state index in [0.29, 0.717) is 44.2 Å². The maximum absolute atomic E-state index is 13.0. The number of rotatable bonds is 8. The van der Waals surface area contributed by atoms with Gasteiger partial charge in [-0.15, -0.1) is 0 Å². The number of sulfonamides is 1. The second kappa shape index (κ2) is 9.62. The number of ether oxygens (including phenoxy) is 2. The van der Waals surface area contributed by atoms with Crippen molar-refractivity contribution in [2.75, 3.05) is 26.3 Å². The highest BCUT2D eigenvalue weighted by atomic mass is 32.2. The largest absolute Gasteiger partial charge is 0.456 e. The molecule has 0 amide bonds. The molecule has 1 aliphatic rings. The quantitative estimate of drug-likeness (QED) is 0.459. The van der Waals surface area contributed by atoms with Crippen molar-refractivity contribution in [3.05, 3.63) is 41.5 Å². The summed E-state index contributed by atoms with van der Waals surface area (Å²) in [7, 11) is -3.62. The first kappa shape index (κ1) is 23.4. The maximum atomic E-state index is 13.0. The third-order valence-corrected chi connectivity index (χ3v) is 7.49. The molecule has 0 bridgehead atoms. The van der Waals surface area contributed by atoms with E-state index in [4.69, 9.17) is 9.47 Å². The molecule has 4 rings (SSSR count). The third kappa shape index (κ3) is 4.94. The molecule has 3 aromatic rings. The van der Waals surface area contributed by atoms with E-state index in [1.165, 1.54) is 4.31 Å². The predicted molar refractivity (Wildman–Crippen MR) is 121 cm³/mol. The van der Waals surface area contributed by atoms with Gasteiger partial charge < -0.3 is 14.0 Å². The molecule has 1 aliphatic heterocycles. The topological polar surface area (TPSA) is 109 Å². The summed E-state index contributed by atoms with van der Waals surface area (Å²) in [5.74, 6) is 0.168. The van der Waals surface area contributed by atoms with Gasteiger partial charge in [0.2, 0.25) is 10.0 Å². The first-order chi connectivity index (χ1) is 15.8. The summed E-state index contributed by atoms with van der Waals surface area (Å²) in [5, 5.41) is 4.28. The summed E-state index contributed by atoms with van der Waals surface area (Å²) < 4.78 is 41.8. The molecule has 33 heavy (non-hydrogen) atoms. The van der Waals surface area contributed by atoms with Gasteiger partial charge in [-0.2, -0.15) is 9.40 Å². The fourth-order valence-corrected chi connectivity index (χ4v) is 5.42. The van der Waals surface area contributed by atoms with Crippen molar-refractivity contribution in [3.63, 3.8) is 0 Å². The van der Waals surface area contributed by atoms with Crippen LogP contribution in [0.3, 0.4) is 0 Å². The molecule has 2 aromatic heterocycles. The SMILES string of the molecule is CCCn1c(COC(=O)Cn2nc(C)cc2C)nc2cc(S(=O)(=O)N3CCOCC3)ccc21. The number of carbonyl (C=O) groups excluding carboxylic acids is 1. The molecule has 1 saturated heterocycles. The third-order valence-electron chi connectivity index (χ3n) is 5.60. The number of nitrogens with zero attached hydrogens (tertiary/aromatic N) is 5. The highest BCUT2D eigenvalue weighted by Crippen LogP contribution is 2.24. The van der Waals surface area contributed by atoms with Crippen LogP contribution >= 0.6 is 0 Å². The Morgan fingerprint density at radius 3 is 2.61 bits per heavy atom. The Morgan fingerprint density at radius 1 is 1.18 bits per heavy atom. The Labute approximate surface area is 193 Å². The fourth-order valence-electron chi connectivity index (χ4n) is 3.99. The molecule has 0 aliphatic carbocycles. The molecule has 3 heterocycles. The molecular formula is C22H29N5O5S. The second-order valence-electron chi connectivity index (χ2n) is 8.09. The Bertz CT molecular complexity index is 1260. The molecule has 0 spiro atoms. The molecule has 10 nitrogen and oxygen atoms in total. The first-order valence-corrected chi connectivity index (χ1v) is 12.5. The highest BCUT2D eigenvalue weighted by molar-refractivity contribution is 7.89. The van der Waals surface area contributed by atoms with E-state index >= 15 is 0 Å². The predicted octanol–water partition coefficient (Wildman–Crippen LogP) is 2.02. The van der Waals surface area contributed by atoms with Crippen molar-refractivity contribution in [3.8, 4) is 0 Å². The molecule has 0 unspecified atom stereocenters. The molecule has 1 aromatic carbocycles. The Hall–Kier alpha value is -2.76. The zero-order chi connectivity index (χ0) is 23.6. The number of esters is 1. The molecule has 11 heteroatoms. The maximum Gasteiger partial charge on any atom is 0.328 e. The lowest BCUT2D eigenvalue weighted by Gasteiger charge is -2.26. The van der Waals surface area contributed by atoms with Gasteiger partial charge in [0.25, 0.3) is 0 Å². The van der Waals surface area contributed by atoms with Gasteiger partial charge in [0.05, 0.1) is 34.8 Å². The van der Waals surface area contributed by atoms with Crippen molar-refractivity contribution >= 4 is 27.0 Å². The van der Waals surface area contributed by atoms with Crippen LogP contribution in [0.1, 0.15) is 30.6 Å². The number of benzene rings is 1. The number of aryl methyl sites for hydroxylation is 3. The van der Waals surface area contributed by atoms with Gasteiger partial charge in [-0.05, 0) is 44.5 Å². The first-order valence-electron chi connectivity index (χ1n) is 11.0. The zero-order valence-electron chi connectivity index (χ0n) is 19.2. The highest BCUT2D eigenvalue weighted by Gasteiger charge is 2.27. The van der Waals surface area contributed by atoms with Gasteiger partial charge in [-0.3, -0.25) is 9.48 Å². The van der Waals surface area contributed by atoms with E-state index < -0.39 is 16.0 Å². The normalized spacial score (nSPS) is 15.2. The number of aromatic nitrogens is 4. The molecule has 1 fully saturated rings. The van der Waals surface area contributed by atoms with Crippen LogP contribution in [-0.4, -0.2) is 64.3 Å². The van der Waals surface area contributed by atoms with Crippen molar-refractivity contribution in [1.82, 2.24) is 23.6 Å². The van der Waals surface area contributed by atoms with Crippen LogP contribution in [0.4, 0.5) is 0 Å². The summed E-state index contributed by atoms with van der Waals surface area (Å²) in [5.41, 5.74) is 3.09. The standard InChI is InChI=1S/C22H29N5O5S/c1-4-7-26-20-6-5-18(33(29,30)25-8-10-31-11-9-25)13-19(20)23-21(26)15-32-22(28)14-27-17(3)12-16(2)24-27/h5-6,12-13H,4,7-11,14-15H2,1-3H3. The summed E-state index contributed by atoms with van der Waals surface area (Å²) in [6.45, 7) is 7.94. The fraction of sp³-hybridized carbons (Fsp3) is 0.500. The minimum atomic E-state index is -3.62. The average molecular weight is 476 g/mol. The van der Waals surface area contributed by atoms with E-state index in [1.54, 1.807) is 22.9 Å². The van der Waals surface area contributed by atoms with E-state index in [-0.39, 0.29) is 18.0 Å². The molecule has 0 radical (unpaired) electrons. The number of morpholine rings is 1. The van der Waals surface area contributed by atoms with Gasteiger partial charge in [-0.1, -0.05) is 6.92 Å². The van der Waals surface area contributed by atoms with Crippen LogP contribution < -0.4 is 0 Å². The van der Waals surface area contributed by atoms with Gasteiger partial charge >= 0.3 is 5.97 Å². The van der Waals surface area contributed by atoms with Gasteiger partial charge in [-0.25, -0.2) is 13.4 Å². The van der Waals surface area contributed by atoms with E-state index in [9.17, 15) is 13.2 Å². The van der Waals surface area contributed by atoms with Crippen LogP contribution in [0, 0.1) is 13.8 Å². The van der Waals surface area contributed by atoms with Gasteiger partial charge in [0.1, 0.15) is 19.0 Å². The smallest absolute Gasteiger partial charge is 0.328 e. The van der Waals surface area contributed by atoms with Crippen molar-refractivity contribution in [2.24, 2.45) is 0 Å². The summed E-state index contributed by atoms with van der Waals surface area (Å²) in [6, 6.07) is 6.87. The van der Waals surface area contributed by atoms with Crippen LogP contribution in [0.25, 0.3) is 11.0 Å². The summed E-state index contributed by atoms with van der Waals surface area (Å²) >= 11 is 0. The molecule has 0 atom stereocenters. The van der Waals surface area contributed by atoms with Crippen molar-refractivity contribution in [1.29, 1.82) is 0 Å². The van der Waals surface area contributed by atoms with E-state index in [1.807, 2.05) is 31.4 Å². The second-order valence-corrected chi connectivity index (χ2v) is 10.0. The monoisotopic (exact) mass is 475 g/mol. The molecular weight excluding hydrogens is 446 g/mol. The Kier molecular flexibility index (Phi) is 6.82. The molecule has 178 valence electrons. The number of hydrogen-bond acceptors (Lipinski definition) is 7. The lowest BCUT2D eigenvalue weighted by molar-refractivity contribution is -0.146.